The molecule has 1 heterocycles. The van der Waals surface area contributed by atoms with Gasteiger partial charge in [0.05, 0.1) is 25.3 Å². The smallest absolute Gasteiger partial charge is 0.337 e. The molecule has 92 valence electrons. The van der Waals surface area contributed by atoms with E-state index in [9.17, 15) is 9.59 Å². The van der Waals surface area contributed by atoms with Gasteiger partial charge in [-0.1, -0.05) is 0 Å². The number of ketones is 1. The third-order valence-electron chi connectivity index (χ3n) is 2.95. The van der Waals surface area contributed by atoms with Crippen LogP contribution in [0, 0.1) is 17.2 Å². The van der Waals surface area contributed by atoms with Crippen LogP contribution in [0.1, 0.15) is 10.4 Å². The van der Waals surface area contributed by atoms with Gasteiger partial charge in [-0.05, 0) is 24.3 Å². The number of carbonyl (C=O) groups is 2. The summed E-state index contributed by atoms with van der Waals surface area (Å²) in [6.07, 6.45) is 0. The highest BCUT2D eigenvalue weighted by atomic mass is 16.5. The van der Waals surface area contributed by atoms with Crippen molar-refractivity contribution < 1.29 is 14.3 Å². The second-order valence-electron chi connectivity index (χ2n) is 4.07. The lowest BCUT2D eigenvalue weighted by molar-refractivity contribution is -0.118. The predicted molar refractivity (Wildman–Crippen MR) is 64.1 cm³/mol. The van der Waals surface area contributed by atoms with Crippen molar-refractivity contribution in [3.8, 4) is 6.07 Å². The molecule has 1 aliphatic rings. The first-order chi connectivity index (χ1) is 8.65. The number of rotatable bonds is 2. The maximum atomic E-state index is 11.5. The Morgan fingerprint density at radius 1 is 1.44 bits per heavy atom. The number of Topliss-reactive ketones (excluding diaryl/α,β-unsaturated/α-hetero) is 1. The fourth-order valence-corrected chi connectivity index (χ4v) is 1.92. The van der Waals surface area contributed by atoms with Crippen molar-refractivity contribution in [3.63, 3.8) is 0 Å². The van der Waals surface area contributed by atoms with Gasteiger partial charge in [-0.25, -0.2) is 4.79 Å². The van der Waals surface area contributed by atoms with E-state index in [0.29, 0.717) is 12.1 Å². The van der Waals surface area contributed by atoms with Gasteiger partial charge < -0.3 is 9.64 Å². The van der Waals surface area contributed by atoms with Gasteiger partial charge in [-0.15, -0.1) is 0 Å². The van der Waals surface area contributed by atoms with E-state index in [1.54, 1.807) is 24.3 Å². The van der Waals surface area contributed by atoms with Crippen LogP contribution in [-0.4, -0.2) is 32.0 Å². The lowest BCUT2D eigenvalue weighted by Gasteiger charge is -2.16. The standard InChI is InChI=1S/C13H12N2O3/c1-18-13(17)9-2-4-11(5-3-9)15-7-10(6-14)12(16)8-15/h2-5,10H,7-8H2,1H3/t10-/m1/s1. The van der Waals surface area contributed by atoms with Crippen molar-refractivity contribution in [2.45, 2.75) is 0 Å². The number of hydrogen-bond acceptors (Lipinski definition) is 5. The van der Waals surface area contributed by atoms with E-state index in [0.717, 1.165) is 5.69 Å². The molecular formula is C13H12N2O3. The van der Waals surface area contributed by atoms with Crippen molar-refractivity contribution in [1.82, 2.24) is 0 Å². The van der Waals surface area contributed by atoms with E-state index in [1.807, 2.05) is 11.0 Å². The van der Waals surface area contributed by atoms with Gasteiger partial charge >= 0.3 is 5.97 Å². The van der Waals surface area contributed by atoms with Crippen LogP contribution in [0.25, 0.3) is 0 Å². The summed E-state index contributed by atoms with van der Waals surface area (Å²) in [5, 5.41) is 8.79. The molecule has 18 heavy (non-hydrogen) atoms. The maximum Gasteiger partial charge on any atom is 0.337 e. The summed E-state index contributed by atoms with van der Waals surface area (Å²) in [7, 11) is 1.33. The Balaban J connectivity index is 2.14. The van der Waals surface area contributed by atoms with Crippen LogP contribution >= 0.6 is 0 Å². The topological polar surface area (TPSA) is 70.4 Å². The molecule has 0 radical (unpaired) electrons. The Morgan fingerprint density at radius 2 is 2.11 bits per heavy atom. The highest BCUT2D eigenvalue weighted by Gasteiger charge is 2.30. The number of methoxy groups -OCH3 is 1. The van der Waals surface area contributed by atoms with Gasteiger partial charge in [0, 0.05) is 12.2 Å². The van der Waals surface area contributed by atoms with Crippen LogP contribution in [0.15, 0.2) is 24.3 Å². The Morgan fingerprint density at radius 3 is 2.61 bits per heavy atom. The number of anilines is 1. The summed E-state index contributed by atoms with van der Waals surface area (Å²) < 4.78 is 4.60. The zero-order valence-corrected chi connectivity index (χ0v) is 9.92. The first-order valence-electron chi connectivity index (χ1n) is 5.51. The quantitative estimate of drug-likeness (QED) is 0.726. The molecule has 0 saturated carbocycles. The van der Waals surface area contributed by atoms with Crippen LogP contribution < -0.4 is 4.90 Å². The Labute approximate surface area is 105 Å². The van der Waals surface area contributed by atoms with Crippen LogP contribution in [0.3, 0.4) is 0 Å². The number of nitriles is 1. The van der Waals surface area contributed by atoms with Crippen LogP contribution in [0.5, 0.6) is 0 Å². The van der Waals surface area contributed by atoms with Crippen molar-refractivity contribution in [1.29, 1.82) is 5.26 Å². The molecule has 1 fully saturated rings. The van der Waals surface area contributed by atoms with Crippen LogP contribution in [0.4, 0.5) is 5.69 Å². The molecule has 2 rings (SSSR count). The summed E-state index contributed by atoms with van der Waals surface area (Å²) in [5.74, 6) is -1.01. The van der Waals surface area contributed by atoms with E-state index in [4.69, 9.17) is 5.26 Å². The van der Waals surface area contributed by atoms with Gasteiger partial charge in [-0.2, -0.15) is 5.26 Å². The number of nitrogens with zero attached hydrogens (tertiary/aromatic N) is 2. The number of hydrogen-bond donors (Lipinski definition) is 0. The minimum Gasteiger partial charge on any atom is -0.465 e. The Kier molecular flexibility index (Phi) is 3.28. The third-order valence-corrected chi connectivity index (χ3v) is 2.95. The Hall–Kier alpha value is -2.35. The van der Waals surface area contributed by atoms with E-state index < -0.39 is 11.9 Å². The number of benzene rings is 1. The molecule has 1 atom stereocenters. The molecule has 1 aromatic rings. The molecule has 1 aromatic carbocycles. The average molecular weight is 244 g/mol. The molecule has 0 unspecified atom stereocenters. The summed E-state index contributed by atoms with van der Waals surface area (Å²) in [6.45, 7) is 0.655. The molecule has 0 amide bonds. The molecule has 0 spiro atoms. The van der Waals surface area contributed by atoms with Crippen molar-refractivity contribution >= 4 is 17.4 Å². The molecule has 0 aromatic heterocycles. The molecule has 0 bridgehead atoms. The van der Waals surface area contributed by atoms with Crippen molar-refractivity contribution in [2.75, 3.05) is 25.1 Å². The molecule has 0 aliphatic carbocycles. The lowest BCUT2D eigenvalue weighted by atomic mass is 10.1. The van der Waals surface area contributed by atoms with E-state index in [2.05, 4.69) is 4.74 Å². The highest BCUT2D eigenvalue weighted by Crippen LogP contribution is 2.22. The monoisotopic (exact) mass is 244 g/mol. The molecule has 5 nitrogen and oxygen atoms in total. The highest BCUT2D eigenvalue weighted by molar-refractivity contribution is 5.92. The second kappa shape index (κ2) is 4.88. The molecular weight excluding hydrogens is 232 g/mol. The van der Waals surface area contributed by atoms with Crippen LogP contribution in [0.2, 0.25) is 0 Å². The minimum absolute atomic E-state index is 0.0606. The number of carbonyl (C=O) groups excluding carboxylic acids is 2. The zero-order valence-electron chi connectivity index (χ0n) is 9.92. The van der Waals surface area contributed by atoms with E-state index in [-0.39, 0.29) is 12.3 Å². The first kappa shape index (κ1) is 12.1. The normalized spacial score (nSPS) is 18.6. The minimum atomic E-state index is -0.551. The van der Waals surface area contributed by atoms with Crippen LogP contribution in [-0.2, 0) is 9.53 Å². The van der Waals surface area contributed by atoms with Crippen molar-refractivity contribution in [2.24, 2.45) is 5.92 Å². The van der Waals surface area contributed by atoms with Gasteiger partial charge in [-0.3, -0.25) is 4.79 Å². The molecule has 5 heteroatoms. The van der Waals surface area contributed by atoms with E-state index in [1.165, 1.54) is 7.11 Å². The largest absolute Gasteiger partial charge is 0.465 e. The summed E-state index contributed by atoms with van der Waals surface area (Å²) in [4.78, 5) is 24.6. The maximum absolute atomic E-state index is 11.5. The zero-order chi connectivity index (χ0) is 13.1. The van der Waals surface area contributed by atoms with Gasteiger partial charge in [0.2, 0.25) is 0 Å². The number of ether oxygens (including phenoxy) is 1. The van der Waals surface area contributed by atoms with E-state index >= 15 is 0 Å². The summed E-state index contributed by atoms with van der Waals surface area (Å²) in [5.41, 5.74) is 1.29. The molecule has 1 saturated heterocycles. The van der Waals surface area contributed by atoms with Gasteiger partial charge in [0.1, 0.15) is 5.92 Å². The summed E-state index contributed by atoms with van der Waals surface area (Å²) >= 11 is 0. The SMILES string of the molecule is COC(=O)c1ccc(N2CC(=O)[C@H](C#N)C2)cc1. The third kappa shape index (κ3) is 2.18. The first-order valence-corrected chi connectivity index (χ1v) is 5.51. The van der Waals surface area contributed by atoms with Gasteiger partial charge in [0.15, 0.2) is 5.78 Å². The molecule has 1 aliphatic heterocycles. The Bertz CT molecular complexity index is 516. The predicted octanol–water partition coefficient (Wildman–Crippen LogP) is 1.00. The van der Waals surface area contributed by atoms with Gasteiger partial charge in [0.25, 0.3) is 0 Å². The van der Waals surface area contributed by atoms with Crippen molar-refractivity contribution in [3.05, 3.63) is 29.8 Å². The fraction of sp³-hybridized carbons (Fsp3) is 0.308. The molecule has 0 N–H and O–H groups in total. The summed E-state index contributed by atoms with van der Waals surface area (Å²) in [6, 6.07) is 8.77. The number of esters is 1. The average Bonchev–Trinajstić information content (AvgIpc) is 2.79. The fourth-order valence-electron chi connectivity index (χ4n) is 1.92. The lowest BCUT2D eigenvalue weighted by Crippen LogP contribution is -2.19. The second-order valence-corrected chi connectivity index (χ2v) is 4.07.